The molecule has 1 fully saturated rings. The summed E-state index contributed by atoms with van der Waals surface area (Å²) in [5.41, 5.74) is 13.8. The number of hydrogen-bond acceptors (Lipinski definition) is 2. The SMILES string of the molecule is Nc1ccc(Cl)cc1[C@H](N)C1CCC1. The smallest absolute Gasteiger partial charge is 0.0410 e. The lowest BCUT2D eigenvalue weighted by molar-refractivity contribution is 0.265. The Balaban J connectivity index is 2.24. The highest BCUT2D eigenvalue weighted by Crippen LogP contribution is 2.38. The quantitative estimate of drug-likeness (QED) is 0.738. The molecular formula is C11H15ClN2. The van der Waals surface area contributed by atoms with Crippen LogP contribution in [-0.2, 0) is 0 Å². The first-order valence-electron chi connectivity index (χ1n) is 4.99. The maximum atomic E-state index is 6.13. The highest BCUT2D eigenvalue weighted by Gasteiger charge is 2.26. The van der Waals surface area contributed by atoms with E-state index in [0.29, 0.717) is 10.9 Å². The average molecular weight is 211 g/mol. The van der Waals surface area contributed by atoms with Crippen molar-refractivity contribution in [2.24, 2.45) is 11.7 Å². The Labute approximate surface area is 89.2 Å². The lowest BCUT2D eigenvalue weighted by Gasteiger charge is -2.32. The van der Waals surface area contributed by atoms with Crippen molar-refractivity contribution >= 4 is 17.3 Å². The van der Waals surface area contributed by atoms with E-state index in [1.807, 2.05) is 12.1 Å². The van der Waals surface area contributed by atoms with Gasteiger partial charge in [-0.2, -0.15) is 0 Å². The third kappa shape index (κ3) is 1.72. The summed E-state index contributed by atoms with van der Waals surface area (Å²) in [4.78, 5) is 0. The van der Waals surface area contributed by atoms with Crippen LogP contribution in [-0.4, -0.2) is 0 Å². The van der Waals surface area contributed by atoms with Crippen LogP contribution in [0.15, 0.2) is 18.2 Å². The molecule has 1 aromatic carbocycles. The lowest BCUT2D eigenvalue weighted by atomic mass is 9.77. The van der Waals surface area contributed by atoms with Crippen molar-refractivity contribution in [1.29, 1.82) is 0 Å². The second-order valence-electron chi connectivity index (χ2n) is 3.99. The molecular weight excluding hydrogens is 196 g/mol. The van der Waals surface area contributed by atoms with Gasteiger partial charge < -0.3 is 11.5 Å². The van der Waals surface area contributed by atoms with Crippen LogP contribution in [0.3, 0.4) is 0 Å². The fraction of sp³-hybridized carbons (Fsp3) is 0.455. The van der Waals surface area contributed by atoms with E-state index in [4.69, 9.17) is 23.1 Å². The molecule has 76 valence electrons. The largest absolute Gasteiger partial charge is 0.398 e. The van der Waals surface area contributed by atoms with Gasteiger partial charge in [0.15, 0.2) is 0 Å². The fourth-order valence-electron chi connectivity index (χ4n) is 1.89. The number of rotatable bonds is 2. The topological polar surface area (TPSA) is 52.0 Å². The number of nitrogen functional groups attached to an aromatic ring is 1. The van der Waals surface area contributed by atoms with E-state index in [1.54, 1.807) is 6.07 Å². The Bertz CT molecular complexity index is 334. The molecule has 1 aliphatic rings. The maximum Gasteiger partial charge on any atom is 0.0410 e. The van der Waals surface area contributed by atoms with Crippen LogP contribution in [0.2, 0.25) is 5.02 Å². The number of hydrogen-bond donors (Lipinski definition) is 2. The van der Waals surface area contributed by atoms with Crippen molar-refractivity contribution in [3.05, 3.63) is 28.8 Å². The van der Waals surface area contributed by atoms with Crippen molar-refractivity contribution in [3.8, 4) is 0 Å². The molecule has 0 radical (unpaired) electrons. The maximum absolute atomic E-state index is 6.13. The average Bonchev–Trinajstić information content (AvgIpc) is 2.06. The molecule has 1 aromatic rings. The Hall–Kier alpha value is -0.730. The van der Waals surface area contributed by atoms with E-state index in [-0.39, 0.29) is 6.04 Å². The first-order valence-corrected chi connectivity index (χ1v) is 5.37. The zero-order chi connectivity index (χ0) is 10.1. The number of halogens is 1. The van der Waals surface area contributed by atoms with Crippen molar-refractivity contribution in [3.63, 3.8) is 0 Å². The van der Waals surface area contributed by atoms with Gasteiger partial charge in [0.2, 0.25) is 0 Å². The summed E-state index contributed by atoms with van der Waals surface area (Å²) in [6.45, 7) is 0. The molecule has 0 bridgehead atoms. The van der Waals surface area contributed by atoms with E-state index in [0.717, 1.165) is 11.3 Å². The predicted octanol–water partition coefficient (Wildman–Crippen LogP) is 2.72. The number of benzene rings is 1. The minimum atomic E-state index is 0.0578. The van der Waals surface area contributed by atoms with Crippen molar-refractivity contribution in [2.75, 3.05) is 5.73 Å². The third-order valence-electron chi connectivity index (χ3n) is 3.07. The van der Waals surface area contributed by atoms with Gasteiger partial charge >= 0.3 is 0 Å². The van der Waals surface area contributed by atoms with Crippen LogP contribution < -0.4 is 11.5 Å². The molecule has 1 aliphatic carbocycles. The monoisotopic (exact) mass is 210 g/mol. The second-order valence-corrected chi connectivity index (χ2v) is 4.43. The van der Waals surface area contributed by atoms with E-state index in [9.17, 15) is 0 Å². The van der Waals surface area contributed by atoms with Crippen molar-refractivity contribution in [1.82, 2.24) is 0 Å². The third-order valence-corrected chi connectivity index (χ3v) is 3.30. The van der Waals surface area contributed by atoms with Crippen molar-refractivity contribution in [2.45, 2.75) is 25.3 Å². The zero-order valence-electron chi connectivity index (χ0n) is 8.04. The molecule has 3 heteroatoms. The van der Waals surface area contributed by atoms with E-state index < -0.39 is 0 Å². The van der Waals surface area contributed by atoms with Gasteiger partial charge in [-0.3, -0.25) is 0 Å². The normalized spacial score (nSPS) is 19.0. The zero-order valence-corrected chi connectivity index (χ0v) is 8.80. The number of anilines is 1. The van der Waals surface area contributed by atoms with E-state index in [1.165, 1.54) is 19.3 Å². The molecule has 1 saturated carbocycles. The molecule has 0 heterocycles. The summed E-state index contributed by atoms with van der Waals surface area (Å²) >= 11 is 5.92. The summed E-state index contributed by atoms with van der Waals surface area (Å²) in [7, 11) is 0. The summed E-state index contributed by atoms with van der Waals surface area (Å²) < 4.78 is 0. The molecule has 14 heavy (non-hydrogen) atoms. The summed E-state index contributed by atoms with van der Waals surface area (Å²) in [6.07, 6.45) is 3.72. The molecule has 4 N–H and O–H groups in total. The van der Waals surface area contributed by atoms with Crippen LogP contribution in [0.1, 0.15) is 30.9 Å². The summed E-state index contributed by atoms with van der Waals surface area (Å²) in [5.74, 6) is 0.593. The molecule has 2 nitrogen and oxygen atoms in total. The van der Waals surface area contributed by atoms with Crippen LogP contribution in [0.4, 0.5) is 5.69 Å². The highest BCUT2D eigenvalue weighted by atomic mass is 35.5. The standard InChI is InChI=1S/C11H15ClN2/c12-8-4-5-10(13)9(6-8)11(14)7-2-1-3-7/h4-7,11H,1-3,13-14H2/t11-/m1/s1. The second kappa shape index (κ2) is 3.79. The molecule has 0 aliphatic heterocycles. The minimum absolute atomic E-state index is 0.0578. The van der Waals surface area contributed by atoms with Crippen molar-refractivity contribution < 1.29 is 0 Å². The van der Waals surface area contributed by atoms with Gasteiger partial charge in [-0.1, -0.05) is 18.0 Å². The van der Waals surface area contributed by atoms with E-state index in [2.05, 4.69) is 0 Å². The Morgan fingerprint density at radius 1 is 1.36 bits per heavy atom. The molecule has 0 amide bonds. The van der Waals surface area contributed by atoms with Crippen LogP contribution in [0.25, 0.3) is 0 Å². The summed E-state index contributed by atoms with van der Waals surface area (Å²) in [6, 6.07) is 5.58. The molecule has 1 atom stereocenters. The van der Waals surface area contributed by atoms with Gasteiger partial charge in [-0.05, 0) is 42.5 Å². The Kier molecular flexibility index (Phi) is 2.66. The predicted molar refractivity (Wildman–Crippen MR) is 60.1 cm³/mol. The number of nitrogens with two attached hydrogens (primary N) is 2. The van der Waals surface area contributed by atoms with E-state index >= 15 is 0 Å². The van der Waals surface area contributed by atoms with Gasteiger partial charge in [-0.25, -0.2) is 0 Å². The highest BCUT2D eigenvalue weighted by molar-refractivity contribution is 6.30. The minimum Gasteiger partial charge on any atom is -0.398 e. The van der Waals surface area contributed by atoms with Gasteiger partial charge in [0.05, 0.1) is 0 Å². The first-order chi connectivity index (χ1) is 6.68. The lowest BCUT2D eigenvalue weighted by Crippen LogP contribution is -2.27. The van der Waals surface area contributed by atoms with Gasteiger partial charge in [0.1, 0.15) is 0 Å². The first kappa shape index (κ1) is 9.81. The van der Waals surface area contributed by atoms with Gasteiger partial charge in [0.25, 0.3) is 0 Å². The van der Waals surface area contributed by atoms with Crippen LogP contribution in [0.5, 0.6) is 0 Å². The van der Waals surface area contributed by atoms with Gasteiger partial charge in [0, 0.05) is 16.8 Å². The van der Waals surface area contributed by atoms with Crippen LogP contribution in [0, 0.1) is 5.92 Å². The molecule has 2 rings (SSSR count). The Morgan fingerprint density at radius 2 is 2.07 bits per heavy atom. The summed E-state index contributed by atoms with van der Waals surface area (Å²) in [5, 5.41) is 0.712. The fourth-order valence-corrected chi connectivity index (χ4v) is 2.07. The molecule has 0 unspecified atom stereocenters. The molecule has 0 aromatic heterocycles. The molecule has 0 saturated heterocycles. The van der Waals surface area contributed by atoms with Gasteiger partial charge in [-0.15, -0.1) is 0 Å². The Morgan fingerprint density at radius 3 is 2.64 bits per heavy atom. The molecule has 0 spiro atoms. The van der Waals surface area contributed by atoms with Crippen LogP contribution >= 0.6 is 11.6 Å².